The van der Waals surface area contributed by atoms with Gasteiger partial charge in [0.25, 0.3) is 0 Å². The topological polar surface area (TPSA) is 38.7 Å². The fraction of sp³-hybridized carbons (Fsp3) is 0.571. The molecule has 0 radical (unpaired) electrons. The first-order chi connectivity index (χ1) is 8.07. The molecule has 0 aliphatic heterocycles. The molecule has 0 aromatic heterocycles. The van der Waals surface area contributed by atoms with Crippen LogP contribution in [0.15, 0.2) is 24.3 Å². The van der Waals surface area contributed by atoms with Crippen molar-refractivity contribution in [3.63, 3.8) is 0 Å². The van der Waals surface area contributed by atoms with Crippen molar-refractivity contribution in [1.82, 2.24) is 0 Å². The quantitative estimate of drug-likeness (QED) is 0.828. The van der Waals surface area contributed by atoms with Gasteiger partial charge in [-0.05, 0) is 38.0 Å². The predicted molar refractivity (Wildman–Crippen MR) is 68.3 cm³/mol. The van der Waals surface area contributed by atoms with Gasteiger partial charge in [0.2, 0.25) is 0 Å². The number of rotatable bonds is 6. The molecule has 0 aliphatic rings. The van der Waals surface area contributed by atoms with Crippen LogP contribution in [-0.4, -0.2) is 24.4 Å². The second-order valence-corrected chi connectivity index (χ2v) is 4.27. The maximum atomic E-state index is 10.4. The van der Waals surface area contributed by atoms with Crippen molar-refractivity contribution in [2.45, 2.75) is 38.9 Å². The first kappa shape index (κ1) is 14.0. The standard InChI is InChI=1S/C14H22O3/c1-5-14(3,17-6-2)13(15)11-7-9-12(16-4)10-8-11/h7-10,13,15H,5-6H2,1-4H3. The number of aliphatic hydroxyl groups is 1. The van der Waals surface area contributed by atoms with Crippen LogP contribution in [0.3, 0.4) is 0 Å². The highest BCUT2D eigenvalue weighted by atomic mass is 16.5. The number of hydrogen-bond donors (Lipinski definition) is 1. The maximum absolute atomic E-state index is 10.4. The van der Waals surface area contributed by atoms with Crippen LogP contribution in [0.5, 0.6) is 5.75 Å². The number of ether oxygens (including phenoxy) is 2. The second-order valence-electron chi connectivity index (χ2n) is 4.27. The van der Waals surface area contributed by atoms with Gasteiger partial charge in [0.1, 0.15) is 11.9 Å². The Labute approximate surface area is 103 Å². The highest BCUT2D eigenvalue weighted by molar-refractivity contribution is 5.29. The van der Waals surface area contributed by atoms with E-state index < -0.39 is 11.7 Å². The molecule has 2 atom stereocenters. The third kappa shape index (κ3) is 3.20. The molecular weight excluding hydrogens is 216 g/mol. The summed E-state index contributed by atoms with van der Waals surface area (Å²) in [5.41, 5.74) is 0.312. The van der Waals surface area contributed by atoms with Crippen molar-refractivity contribution in [2.24, 2.45) is 0 Å². The van der Waals surface area contributed by atoms with Crippen LogP contribution in [0.25, 0.3) is 0 Å². The van der Waals surface area contributed by atoms with Gasteiger partial charge in [-0.3, -0.25) is 0 Å². The van der Waals surface area contributed by atoms with Crippen molar-refractivity contribution in [1.29, 1.82) is 0 Å². The van der Waals surface area contributed by atoms with Gasteiger partial charge in [0.05, 0.1) is 12.7 Å². The van der Waals surface area contributed by atoms with Crippen molar-refractivity contribution >= 4 is 0 Å². The van der Waals surface area contributed by atoms with Crippen LogP contribution in [0, 0.1) is 0 Å². The van der Waals surface area contributed by atoms with Crippen molar-refractivity contribution in [2.75, 3.05) is 13.7 Å². The zero-order valence-corrected chi connectivity index (χ0v) is 11.1. The third-order valence-electron chi connectivity index (χ3n) is 3.19. The van der Waals surface area contributed by atoms with E-state index >= 15 is 0 Å². The smallest absolute Gasteiger partial charge is 0.118 e. The molecule has 0 aliphatic carbocycles. The summed E-state index contributed by atoms with van der Waals surface area (Å²) in [7, 11) is 1.63. The first-order valence-corrected chi connectivity index (χ1v) is 6.03. The summed E-state index contributed by atoms with van der Waals surface area (Å²) in [6.07, 6.45) is 0.131. The summed E-state index contributed by atoms with van der Waals surface area (Å²) < 4.78 is 10.8. The minimum absolute atomic E-state index is 0.538. The molecular formula is C14H22O3. The molecule has 96 valence electrons. The molecule has 0 saturated heterocycles. The van der Waals surface area contributed by atoms with E-state index in [9.17, 15) is 5.11 Å². The summed E-state index contributed by atoms with van der Waals surface area (Å²) >= 11 is 0. The van der Waals surface area contributed by atoms with Gasteiger partial charge in [0.15, 0.2) is 0 Å². The molecule has 3 nitrogen and oxygen atoms in total. The highest BCUT2D eigenvalue weighted by Gasteiger charge is 2.32. The average Bonchev–Trinajstić information content (AvgIpc) is 2.38. The van der Waals surface area contributed by atoms with E-state index in [1.165, 1.54) is 0 Å². The van der Waals surface area contributed by atoms with Crippen LogP contribution < -0.4 is 4.74 Å². The molecule has 3 heteroatoms. The fourth-order valence-electron chi connectivity index (χ4n) is 1.84. The van der Waals surface area contributed by atoms with Crippen LogP contribution in [0.2, 0.25) is 0 Å². The van der Waals surface area contributed by atoms with Crippen LogP contribution >= 0.6 is 0 Å². The van der Waals surface area contributed by atoms with Gasteiger partial charge in [-0.2, -0.15) is 0 Å². The number of methoxy groups -OCH3 is 1. The Morgan fingerprint density at radius 3 is 2.24 bits per heavy atom. The predicted octanol–water partition coefficient (Wildman–Crippen LogP) is 2.93. The molecule has 0 saturated carbocycles. The number of benzene rings is 1. The van der Waals surface area contributed by atoms with Crippen LogP contribution in [0.1, 0.15) is 38.9 Å². The van der Waals surface area contributed by atoms with Crippen molar-refractivity contribution in [3.8, 4) is 5.75 Å². The van der Waals surface area contributed by atoms with Crippen molar-refractivity contribution < 1.29 is 14.6 Å². The van der Waals surface area contributed by atoms with E-state index in [4.69, 9.17) is 9.47 Å². The summed E-state index contributed by atoms with van der Waals surface area (Å²) in [5.74, 6) is 0.788. The minimum Gasteiger partial charge on any atom is -0.497 e. The Balaban J connectivity index is 2.89. The summed E-state index contributed by atoms with van der Waals surface area (Å²) in [6.45, 7) is 6.49. The van der Waals surface area contributed by atoms with Crippen molar-refractivity contribution in [3.05, 3.63) is 29.8 Å². The Kier molecular flexibility index (Phi) is 4.97. The van der Waals surface area contributed by atoms with Crippen LogP contribution in [0.4, 0.5) is 0 Å². The SMILES string of the molecule is CCOC(C)(CC)C(O)c1ccc(OC)cc1. The normalized spacial score (nSPS) is 16.3. The summed E-state index contributed by atoms with van der Waals surface area (Å²) in [6, 6.07) is 7.44. The Morgan fingerprint density at radius 2 is 1.82 bits per heavy atom. The number of aliphatic hydroxyl groups excluding tert-OH is 1. The van der Waals surface area contributed by atoms with E-state index in [0.29, 0.717) is 6.61 Å². The highest BCUT2D eigenvalue weighted by Crippen LogP contribution is 2.32. The molecule has 0 bridgehead atoms. The lowest BCUT2D eigenvalue weighted by molar-refractivity contribution is -0.113. The lowest BCUT2D eigenvalue weighted by atomic mass is 9.90. The summed E-state index contributed by atoms with van der Waals surface area (Å²) in [4.78, 5) is 0. The van der Waals surface area contributed by atoms with Gasteiger partial charge in [-0.15, -0.1) is 0 Å². The minimum atomic E-state index is -0.627. The van der Waals surface area contributed by atoms with Crippen LogP contribution in [-0.2, 0) is 4.74 Å². The van der Waals surface area contributed by atoms with E-state index in [2.05, 4.69) is 0 Å². The summed E-state index contributed by atoms with van der Waals surface area (Å²) in [5, 5.41) is 10.4. The average molecular weight is 238 g/mol. The van der Waals surface area contributed by atoms with E-state index in [0.717, 1.165) is 17.7 Å². The number of hydrogen-bond acceptors (Lipinski definition) is 3. The molecule has 1 aromatic rings. The Bertz CT molecular complexity index is 334. The molecule has 0 amide bonds. The molecule has 17 heavy (non-hydrogen) atoms. The van der Waals surface area contributed by atoms with Gasteiger partial charge in [-0.25, -0.2) is 0 Å². The molecule has 1 N–H and O–H groups in total. The Morgan fingerprint density at radius 1 is 1.24 bits per heavy atom. The fourth-order valence-corrected chi connectivity index (χ4v) is 1.84. The molecule has 0 spiro atoms. The molecule has 1 rings (SSSR count). The lowest BCUT2D eigenvalue weighted by Gasteiger charge is -2.33. The third-order valence-corrected chi connectivity index (χ3v) is 3.19. The second kappa shape index (κ2) is 6.03. The monoisotopic (exact) mass is 238 g/mol. The molecule has 0 heterocycles. The first-order valence-electron chi connectivity index (χ1n) is 6.03. The van der Waals surface area contributed by atoms with Gasteiger partial charge in [0, 0.05) is 6.61 Å². The van der Waals surface area contributed by atoms with Gasteiger partial charge >= 0.3 is 0 Å². The largest absolute Gasteiger partial charge is 0.497 e. The van der Waals surface area contributed by atoms with Gasteiger partial charge < -0.3 is 14.6 Å². The van der Waals surface area contributed by atoms with E-state index in [-0.39, 0.29) is 0 Å². The molecule has 0 fully saturated rings. The van der Waals surface area contributed by atoms with Gasteiger partial charge in [-0.1, -0.05) is 19.1 Å². The Hall–Kier alpha value is -1.06. The maximum Gasteiger partial charge on any atom is 0.118 e. The zero-order chi connectivity index (χ0) is 12.9. The van der Waals surface area contributed by atoms with E-state index in [1.807, 2.05) is 45.0 Å². The molecule has 1 aromatic carbocycles. The zero-order valence-electron chi connectivity index (χ0n) is 11.1. The van der Waals surface area contributed by atoms with E-state index in [1.54, 1.807) is 7.11 Å². The molecule has 2 unspecified atom stereocenters. The lowest BCUT2D eigenvalue weighted by Crippen LogP contribution is -2.35.